The highest BCUT2D eigenvalue weighted by atomic mass is 16.5. The molecule has 1 fully saturated rings. The minimum absolute atomic E-state index is 0.0429. The van der Waals surface area contributed by atoms with E-state index in [4.69, 9.17) is 9.26 Å². The number of carbonyl (C=O) groups is 4. The Kier molecular flexibility index (Phi) is 8.05. The van der Waals surface area contributed by atoms with Crippen LogP contribution in [-0.2, 0) is 28.9 Å². The molecule has 1 saturated heterocycles. The maximum atomic E-state index is 13.2. The second-order valence-corrected chi connectivity index (χ2v) is 10.3. The van der Waals surface area contributed by atoms with Crippen molar-refractivity contribution in [2.75, 3.05) is 33.8 Å². The third-order valence-electron chi connectivity index (χ3n) is 6.54. The van der Waals surface area contributed by atoms with Gasteiger partial charge in [0.15, 0.2) is 11.5 Å². The lowest BCUT2D eigenvalue weighted by Gasteiger charge is -2.16. The first-order valence-corrected chi connectivity index (χ1v) is 12.8. The summed E-state index contributed by atoms with van der Waals surface area (Å²) in [7, 11) is 3.93. The van der Waals surface area contributed by atoms with Crippen LogP contribution in [0.4, 0.5) is 4.79 Å². The van der Waals surface area contributed by atoms with Crippen LogP contribution in [0, 0.1) is 0 Å². The first-order valence-electron chi connectivity index (χ1n) is 12.8. The highest BCUT2D eigenvalue weighted by Crippen LogP contribution is 2.26. The number of urea groups is 1. The molecule has 0 unspecified atom stereocenters. The summed E-state index contributed by atoms with van der Waals surface area (Å²) in [5.74, 6) is -0.836. The van der Waals surface area contributed by atoms with Gasteiger partial charge in [0, 0.05) is 30.1 Å². The second-order valence-electron chi connectivity index (χ2n) is 10.3. The number of likely N-dealkylation sites (N-methyl/N-ethyl adjacent to an activating group) is 1. The van der Waals surface area contributed by atoms with Gasteiger partial charge in [-0.2, -0.15) is 0 Å². The van der Waals surface area contributed by atoms with Gasteiger partial charge in [-0.1, -0.05) is 11.2 Å². The van der Waals surface area contributed by atoms with E-state index in [1.54, 1.807) is 20.8 Å². The quantitative estimate of drug-likeness (QED) is 0.249. The molecule has 0 radical (unpaired) electrons. The maximum absolute atomic E-state index is 13.2. The second kappa shape index (κ2) is 11.3. The molecule has 1 aliphatic heterocycles. The number of esters is 1. The van der Waals surface area contributed by atoms with Crippen molar-refractivity contribution in [2.45, 2.75) is 45.7 Å². The van der Waals surface area contributed by atoms with Crippen LogP contribution in [0.15, 0.2) is 28.8 Å². The topological polar surface area (TPSA) is 150 Å². The van der Waals surface area contributed by atoms with Crippen LogP contribution in [0.25, 0.3) is 10.9 Å². The van der Waals surface area contributed by atoms with Crippen molar-refractivity contribution in [1.29, 1.82) is 0 Å². The smallest absolute Gasteiger partial charge is 0.360 e. The highest BCUT2D eigenvalue weighted by Gasteiger charge is 2.43. The summed E-state index contributed by atoms with van der Waals surface area (Å²) < 4.78 is 10.1. The van der Waals surface area contributed by atoms with Gasteiger partial charge >= 0.3 is 12.0 Å². The molecule has 0 aliphatic carbocycles. The molecule has 39 heavy (non-hydrogen) atoms. The molecule has 4 amide bonds. The van der Waals surface area contributed by atoms with Gasteiger partial charge in [0.05, 0.1) is 13.2 Å². The molecule has 0 bridgehead atoms. The van der Waals surface area contributed by atoms with Gasteiger partial charge in [0.2, 0.25) is 0 Å². The molecule has 0 atom stereocenters. The first kappa shape index (κ1) is 27.8. The van der Waals surface area contributed by atoms with Crippen molar-refractivity contribution in [2.24, 2.45) is 0 Å². The molecule has 0 saturated carbocycles. The van der Waals surface area contributed by atoms with E-state index in [1.165, 1.54) is 11.0 Å². The summed E-state index contributed by atoms with van der Waals surface area (Å²) in [6.07, 6.45) is 1.11. The van der Waals surface area contributed by atoms with E-state index < -0.39 is 11.5 Å². The molecule has 3 heterocycles. The van der Waals surface area contributed by atoms with Crippen molar-refractivity contribution in [1.82, 2.24) is 30.6 Å². The van der Waals surface area contributed by atoms with Crippen LogP contribution in [0.3, 0.4) is 0 Å². The van der Waals surface area contributed by atoms with Crippen LogP contribution >= 0.6 is 0 Å². The number of rotatable bonds is 11. The fourth-order valence-electron chi connectivity index (χ4n) is 4.45. The number of ether oxygens (including phenoxy) is 1. The zero-order valence-electron chi connectivity index (χ0n) is 22.8. The first-order chi connectivity index (χ1) is 18.5. The Morgan fingerprint density at radius 2 is 1.95 bits per heavy atom. The Morgan fingerprint density at radius 1 is 1.18 bits per heavy atom. The largest absolute Gasteiger partial charge is 0.461 e. The van der Waals surface area contributed by atoms with Gasteiger partial charge < -0.3 is 29.8 Å². The van der Waals surface area contributed by atoms with Crippen LogP contribution in [0.2, 0.25) is 0 Å². The number of aromatic nitrogens is 2. The van der Waals surface area contributed by atoms with Crippen LogP contribution in [-0.4, -0.2) is 83.1 Å². The minimum Gasteiger partial charge on any atom is -0.461 e. The Hall–Kier alpha value is -4.19. The highest BCUT2D eigenvalue weighted by molar-refractivity contribution is 6.06. The number of fused-ring (bicyclic) bond motifs is 1. The molecule has 12 nitrogen and oxygen atoms in total. The average molecular weight is 539 g/mol. The lowest BCUT2D eigenvalue weighted by atomic mass is 10.0. The number of imide groups is 1. The fraction of sp³-hybridized carbons (Fsp3) is 0.444. The van der Waals surface area contributed by atoms with E-state index >= 15 is 0 Å². The van der Waals surface area contributed by atoms with Gasteiger partial charge in [0.25, 0.3) is 11.8 Å². The number of aromatic amines is 1. The van der Waals surface area contributed by atoms with E-state index in [-0.39, 0.29) is 43.2 Å². The number of nitrogens with one attached hydrogen (secondary N) is 3. The summed E-state index contributed by atoms with van der Waals surface area (Å²) in [6, 6.07) is 6.87. The summed E-state index contributed by atoms with van der Waals surface area (Å²) in [4.78, 5) is 56.3. The average Bonchev–Trinajstić information content (AvgIpc) is 3.55. The number of benzene rings is 1. The Balaban J connectivity index is 1.52. The monoisotopic (exact) mass is 538 g/mol. The van der Waals surface area contributed by atoms with Crippen molar-refractivity contribution in [3.63, 3.8) is 0 Å². The molecular weight excluding hydrogens is 504 g/mol. The van der Waals surface area contributed by atoms with E-state index in [2.05, 4.69) is 20.8 Å². The molecule has 2 aromatic heterocycles. The van der Waals surface area contributed by atoms with Crippen molar-refractivity contribution < 1.29 is 28.4 Å². The molecule has 4 rings (SSSR count). The molecule has 1 aliphatic rings. The predicted molar refractivity (Wildman–Crippen MR) is 142 cm³/mol. The molecule has 0 spiro atoms. The standard InChI is InChI=1S/C27H34N6O6/c1-6-38-24(35)21-14-17(39-31-21)15-28-23(34)22-18(10-11-32(4)5)19-13-16(7-8-20(19)29-22)9-12-33-25(36)27(2,3)30-26(33)37/h7-8,13-14,29H,6,9-12,15H2,1-5H3,(H,28,34)(H,30,37). The number of H-pyrrole nitrogens is 1. The van der Waals surface area contributed by atoms with Gasteiger partial charge in [0.1, 0.15) is 11.2 Å². The molecule has 3 N–H and O–H groups in total. The minimum atomic E-state index is -0.907. The lowest BCUT2D eigenvalue weighted by molar-refractivity contribution is -0.130. The Bertz CT molecular complexity index is 1400. The van der Waals surface area contributed by atoms with Crippen LogP contribution in [0.5, 0.6) is 0 Å². The third kappa shape index (κ3) is 6.11. The molecular formula is C27H34N6O6. The molecule has 12 heteroatoms. The van der Waals surface area contributed by atoms with Gasteiger partial charge in [-0.3, -0.25) is 14.5 Å². The number of carbonyl (C=O) groups excluding carboxylic acids is 4. The number of hydrogen-bond acceptors (Lipinski definition) is 8. The summed E-state index contributed by atoms with van der Waals surface area (Å²) in [5, 5.41) is 10.1. The van der Waals surface area contributed by atoms with E-state index in [9.17, 15) is 19.2 Å². The van der Waals surface area contributed by atoms with E-state index in [0.29, 0.717) is 24.3 Å². The van der Waals surface area contributed by atoms with Crippen LogP contribution < -0.4 is 10.6 Å². The molecule has 1 aromatic carbocycles. The summed E-state index contributed by atoms with van der Waals surface area (Å²) in [5.41, 5.74) is 2.18. The third-order valence-corrected chi connectivity index (χ3v) is 6.54. The summed E-state index contributed by atoms with van der Waals surface area (Å²) >= 11 is 0. The lowest BCUT2D eigenvalue weighted by Crippen LogP contribution is -2.40. The Labute approximate surface area is 226 Å². The fourth-order valence-corrected chi connectivity index (χ4v) is 4.45. The predicted octanol–water partition coefficient (Wildman–Crippen LogP) is 2.24. The number of nitrogens with zero attached hydrogens (tertiary/aromatic N) is 3. The summed E-state index contributed by atoms with van der Waals surface area (Å²) in [6.45, 7) is 6.31. The number of hydrogen-bond donors (Lipinski definition) is 3. The number of amides is 4. The zero-order valence-corrected chi connectivity index (χ0v) is 22.8. The van der Waals surface area contributed by atoms with E-state index in [0.717, 1.165) is 28.6 Å². The molecule has 208 valence electrons. The Morgan fingerprint density at radius 3 is 2.62 bits per heavy atom. The molecule has 3 aromatic rings. The van der Waals surface area contributed by atoms with Crippen LogP contribution in [0.1, 0.15) is 58.6 Å². The van der Waals surface area contributed by atoms with Crippen molar-refractivity contribution in [3.05, 3.63) is 52.5 Å². The van der Waals surface area contributed by atoms with E-state index in [1.807, 2.05) is 37.2 Å². The maximum Gasteiger partial charge on any atom is 0.360 e. The zero-order chi connectivity index (χ0) is 28.3. The van der Waals surface area contributed by atoms with Crippen molar-refractivity contribution >= 4 is 34.7 Å². The normalized spacial score (nSPS) is 14.8. The van der Waals surface area contributed by atoms with Gasteiger partial charge in [-0.05, 0) is 71.0 Å². The van der Waals surface area contributed by atoms with Gasteiger partial charge in [-0.15, -0.1) is 0 Å². The van der Waals surface area contributed by atoms with Gasteiger partial charge in [-0.25, -0.2) is 9.59 Å². The SMILES string of the molecule is CCOC(=O)c1cc(CNC(=O)c2[nH]c3ccc(CCN4C(=O)NC(C)(C)C4=O)cc3c2CCN(C)C)on1. The van der Waals surface area contributed by atoms with Crippen molar-refractivity contribution in [3.8, 4) is 0 Å².